The molecule has 0 spiro atoms. The quantitative estimate of drug-likeness (QED) is 0.788. The highest BCUT2D eigenvalue weighted by Gasteiger charge is 2.38. The molecule has 1 heterocycles. The van der Waals surface area contributed by atoms with Gasteiger partial charge in [-0.25, -0.2) is 8.42 Å². The van der Waals surface area contributed by atoms with E-state index in [0.717, 1.165) is 18.4 Å². The number of nitrogens with zero attached hydrogens (tertiary/aromatic N) is 1. The fourth-order valence-corrected chi connectivity index (χ4v) is 5.30. The van der Waals surface area contributed by atoms with Crippen molar-refractivity contribution in [2.75, 3.05) is 20.8 Å². The number of hydrogen-bond donors (Lipinski definition) is 0. The molecular formula is C18H20ClNO4S. The zero-order valence-electron chi connectivity index (χ0n) is 14.1. The number of rotatable bonds is 5. The topological polar surface area (TPSA) is 55.8 Å². The summed E-state index contributed by atoms with van der Waals surface area (Å²) in [7, 11) is -0.803. The van der Waals surface area contributed by atoms with Crippen LogP contribution in [0.15, 0.2) is 47.4 Å². The van der Waals surface area contributed by atoms with Gasteiger partial charge < -0.3 is 9.47 Å². The number of ether oxygens (including phenoxy) is 2. The van der Waals surface area contributed by atoms with Gasteiger partial charge in [0.1, 0.15) is 16.4 Å². The van der Waals surface area contributed by atoms with Crippen LogP contribution in [0.4, 0.5) is 0 Å². The Bertz CT molecular complexity index is 869. The van der Waals surface area contributed by atoms with Crippen LogP contribution in [0.3, 0.4) is 0 Å². The average molecular weight is 382 g/mol. The Balaban J connectivity index is 2.06. The molecule has 0 radical (unpaired) electrons. The average Bonchev–Trinajstić information content (AvgIpc) is 3.12. The first-order valence-corrected chi connectivity index (χ1v) is 9.79. The third kappa shape index (κ3) is 3.34. The van der Waals surface area contributed by atoms with E-state index < -0.39 is 10.0 Å². The summed E-state index contributed by atoms with van der Waals surface area (Å²) in [5, 5.41) is 0.576. The van der Waals surface area contributed by atoms with Crippen molar-refractivity contribution in [3.63, 3.8) is 0 Å². The minimum atomic E-state index is -3.76. The molecule has 25 heavy (non-hydrogen) atoms. The van der Waals surface area contributed by atoms with Crippen LogP contribution in [0.25, 0.3) is 0 Å². The van der Waals surface area contributed by atoms with Gasteiger partial charge in [-0.1, -0.05) is 29.8 Å². The summed E-state index contributed by atoms with van der Waals surface area (Å²) >= 11 is 6.31. The molecule has 0 aliphatic carbocycles. The van der Waals surface area contributed by atoms with Gasteiger partial charge in [-0.2, -0.15) is 4.31 Å². The van der Waals surface area contributed by atoms with Crippen LogP contribution in [0, 0.1) is 0 Å². The highest BCUT2D eigenvalue weighted by molar-refractivity contribution is 7.89. The smallest absolute Gasteiger partial charge is 0.247 e. The highest BCUT2D eigenvalue weighted by atomic mass is 35.5. The van der Waals surface area contributed by atoms with E-state index in [2.05, 4.69) is 0 Å². The van der Waals surface area contributed by atoms with Gasteiger partial charge in [-0.05, 0) is 36.6 Å². The molecule has 0 aromatic heterocycles. The lowest BCUT2D eigenvalue weighted by molar-refractivity contribution is 0.376. The first-order valence-electron chi connectivity index (χ1n) is 7.97. The Kier molecular flexibility index (Phi) is 5.22. The van der Waals surface area contributed by atoms with Crippen LogP contribution in [-0.4, -0.2) is 33.5 Å². The van der Waals surface area contributed by atoms with Gasteiger partial charge in [0.2, 0.25) is 10.0 Å². The molecule has 1 aliphatic heterocycles. The third-order valence-electron chi connectivity index (χ3n) is 4.43. The molecule has 3 rings (SSSR count). The lowest BCUT2D eigenvalue weighted by Gasteiger charge is -2.26. The monoisotopic (exact) mass is 381 g/mol. The van der Waals surface area contributed by atoms with Gasteiger partial charge in [-0.3, -0.25) is 0 Å². The molecule has 2 aromatic carbocycles. The molecular weight excluding hydrogens is 362 g/mol. The summed E-state index contributed by atoms with van der Waals surface area (Å²) in [5.74, 6) is 0.762. The van der Waals surface area contributed by atoms with E-state index in [1.54, 1.807) is 18.2 Å². The van der Waals surface area contributed by atoms with Crippen molar-refractivity contribution in [2.45, 2.75) is 23.8 Å². The summed E-state index contributed by atoms with van der Waals surface area (Å²) in [4.78, 5) is 0.105. The predicted molar refractivity (Wildman–Crippen MR) is 96.9 cm³/mol. The normalized spacial score (nSPS) is 18.3. The molecule has 2 aromatic rings. The van der Waals surface area contributed by atoms with Gasteiger partial charge >= 0.3 is 0 Å². The molecule has 5 nitrogen and oxygen atoms in total. The van der Waals surface area contributed by atoms with Crippen LogP contribution >= 0.6 is 11.6 Å². The van der Waals surface area contributed by atoms with E-state index in [4.69, 9.17) is 21.1 Å². The molecule has 1 saturated heterocycles. The fraction of sp³-hybridized carbons (Fsp3) is 0.333. The highest BCUT2D eigenvalue weighted by Crippen LogP contribution is 2.41. The van der Waals surface area contributed by atoms with Gasteiger partial charge in [0.25, 0.3) is 0 Å². The van der Waals surface area contributed by atoms with Crippen molar-refractivity contribution in [1.82, 2.24) is 4.31 Å². The maximum absolute atomic E-state index is 13.3. The zero-order chi connectivity index (χ0) is 18.0. The molecule has 1 fully saturated rings. The Morgan fingerprint density at radius 2 is 1.88 bits per heavy atom. The minimum absolute atomic E-state index is 0.105. The lowest BCUT2D eigenvalue weighted by atomic mass is 10.1. The molecule has 1 atom stereocenters. The minimum Gasteiger partial charge on any atom is -0.497 e. The van der Waals surface area contributed by atoms with Crippen LogP contribution < -0.4 is 9.47 Å². The Morgan fingerprint density at radius 3 is 2.56 bits per heavy atom. The van der Waals surface area contributed by atoms with E-state index >= 15 is 0 Å². The van der Waals surface area contributed by atoms with Crippen LogP contribution in [0.1, 0.15) is 24.4 Å². The maximum Gasteiger partial charge on any atom is 0.247 e. The SMILES string of the molecule is COc1ccc(OC)c(S(=O)(=O)N2CCCC2c2ccccc2Cl)c1. The van der Waals surface area contributed by atoms with Crippen molar-refractivity contribution >= 4 is 21.6 Å². The Hall–Kier alpha value is -1.76. The van der Waals surface area contributed by atoms with E-state index in [-0.39, 0.29) is 10.9 Å². The van der Waals surface area contributed by atoms with Gasteiger partial charge in [0, 0.05) is 17.6 Å². The van der Waals surface area contributed by atoms with E-state index in [1.165, 1.54) is 24.6 Å². The molecule has 134 valence electrons. The van der Waals surface area contributed by atoms with Gasteiger partial charge in [0.15, 0.2) is 0 Å². The van der Waals surface area contributed by atoms with Crippen molar-refractivity contribution in [1.29, 1.82) is 0 Å². The molecule has 1 unspecified atom stereocenters. The molecule has 0 amide bonds. The zero-order valence-corrected chi connectivity index (χ0v) is 15.7. The number of hydrogen-bond acceptors (Lipinski definition) is 4. The van der Waals surface area contributed by atoms with Crippen LogP contribution in [0.5, 0.6) is 11.5 Å². The van der Waals surface area contributed by atoms with E-state index in [0.29, 0.717) is 23.1 Å². The summed E-state index contributed by atoms with van der Waals surface area (Å²) < 4.78 is 38.6. The molecule has 0 N–H and O–H groups in total. The summed E-state index contributed by atoms with van der Waals surface area (Å²) in [5.41, 5.74) is 0.826. The van der Waals surface area contributed by atoms with E-state index in [9.17, 15) is 8.42 Å². The van der Waals surface area contributed by atoms with Crippen molar-refractivity contribution < 1.29 is 17.9 Å². The van der Waals surface area contributed by atoms with Crippen molar-refractivity contribution in [3.8, 4) is 11.5 Å². The summed E-state index contributed by atoms with van der Waals surface area (Å²) in [6.07, 6.45) is 1.51. The molecule has 7 heteroatoms. The Labute approximate surface area is 153 Å². The number of halogens is 1. The standard InChI is InChI=1S/C18H20ClNO4S/c1-23-13-9-10-17(24-2)18(12-13)25(21,22)20-11-5-8-16(20)14-6-3-4-7-15(14)19/h3-4,6-7,9-10,12,16H,5,8,11H2,1-2H3. The second kappa shape index (κ2) is 7.23. The number of methoxy groups -OCH3 is 2. The second-order valence-corrected chi connectivity index (χ2v) is 8.08. The Morgan fingerprint density at radius 1 is 1.12 bits per heavy atom. The fourth-order valence-electron chi connectivity index (χ4n) is 3.20. The molecule has 1 aliphatic rings. The van der Waals surface area contributed by atoms with Crippen molar-refractivity contribution in [2.24, 2.45) is 0 Å². The predicted octanol–water partition coefficient (Wildman–Crippen LogP) is 3.88. The summed E-state index contributed by atoms with van der Waals surface area (Å²) in [6.45, 7) is 0.443. The number of sulfonamides is 1. The van der Waals surface area contributed by atoms with Crippen LogP contribution in [0.2, 0.25) is 5.02 Å². The molecule has 0 saturated carbocycles. The van der Waals surface area contributed by atoms with Gasteiger partial charge in [-0.15, -0.1) is 0 Å². The van der Waals surface area contributed by atoms with Crippen LogP contribution in [-0.2, 0) is 10.0 Å². The number of benzene rings is 2. The first-order chi connectivity index (χ1) is 12.0. The molecule has 0 bridgehead atoms. The maximum atomic E-state index is 13.3. The van der Waals surface area contributed by atoms with Crippen molar-refractivity contribution in [3.05, 3.63) is 53.1 Å². The summed E-state index contributed by atoms with van der Waals surface area (Å²) in [6, 6.07) is 11.9. The third-order valence-corrected chi connectivity index (χ3v) is 6.70. The first kappa shape index (κ1) is 18.0. The second-order valence-electron chi connectivity index (χ2n) is 5.81. The largest absolute Gasteiger partial charge is 0.497 e. The van der Waals surface area contributed by atoms with E-state index in [1.807, 2.05) is 18.2 Å². The van der Waals surface area contributed by atoms with Gasteiger partial charge in [0.05, 0.1) is 20.3 Å². The lowest BCUT2D eigenvalue weighted by Crippen LogP contribution is -2.31.